The summed E-state index contributed by atoms with van der Waals surface area (Å²) in [6.45, 7) is 5.15. The van der Waals surface area contributed by atoms with Crippen LogP contribution in [0.2, 0.25) is 0 Å². The molecule has 1 aliphatic rings. The van der Waals surface area contributed by atoms with Gasteiger partial charge in [0, 0.05) is 11.1 Å². The summed E-state index contributed by atoms with van der Waals surface area (Å²) in [5.74, 6) is 0.0546. The average Bonchev–Trinajstić information content (AvgIpc) is 3.10. The number of alkyl halides is 3. The molecular weight excluding hydrogens is 375 g/mol. The Morgan fingerprint density at radius 1 is 1.22 bits per heavy atom. The van der Waals surface area contributed by atoms with Gasteiger partial charge < -0.3 is 10.6 Å². The second-order valence-electron chi connectivity index (χ2n) is 7.25. The minimum absolute atomic E-state index is 0.310. The molecule has 1 aromatic carbocycles. The molecule has 1 amide bonds. The zero-order valence-electron chi connectivity index (χ0n) is 15.2. The van der Waals surface area contributed by atoms with Crippen LogP contribution in [0.25, 0.3) is 0 Å². The summed E-state index contributed by atoms with van der Waals surface area (Å²) in [4.78, 5) is 18.2. The number of nitrogens with one attached hydrogen (secondary N) is 2. The molecule has 2 aromatic rings. The quantitative estimate of drug-likeness (QED) is 0.796. The lowest BCUT2D eigenvalue weighted by Crippen LogP contribution is -2.35. The van der Waals surface area contributed by atoms with Crippen molar-refractivity contribution in [3.63, 3.8) is 0 Å². The van der Waals surface area contributed by atoms with Crippen molar-refractivity contribution in [3.05, 3.63) is 46.5 Å². The molecule has 146 valence electrons. The predicted octanol–water partition coefficient (Wildman–Crippen LogP) is 4.55. The third kappa shape index (κ3) is 4.50. The monoisotopic (exact) mass is 397 g/mol. The van der Waals surface area contributed by atoms with Gasteiger partial charge in [-0.2, -0.15) is 13.2 Å². The van der Waals surface area contributed by atoms with Gasteiger partial charge in [-0.05, 0) is 57.3 Å². The largest absolute Gasteiger partial charge is 0.416 e. The fraction of sp³-hybridized carbons (Fsp3) is 0.474. The lowest BCUT2D eigenvalue weighted by Gasteiger charge is -2.24. The van der Waals surface area contributed by atoms with Gasteiger partial charge in [0.25, 0.3) is 0 Å². The number of halogens is 3. The van der Waals surface area contributed by atoms with E-state index in [4.69, 9.17) is 0 Å². The SMILES string of the molecule is CC(C)(C(=O)Nc1ncc(C2CCNCC2)s1)c1cccc(C(F)(F)F)c1. The number of amides is 1. The number of nitrogens with zero attached hydrogens (tertiary/aromatic N) is 1. The van der Waals surface area contributed by atoms with E-state index >= 15 is 0 Å². The summed E-state index contributed by atoms with van der Waals surface area (Å²) in [5.41, 5.74) is -1.57. The molecule has 1 saturated heterocycles. The van der Waals surface area contributed by atoms with E-state index in [1.807, 2.05) is 0 Å². The highest BCUT2D eigenvalue weighted by molar-refractivity contribution is 7.15. The third-order valence-corrected chi connectivity index (χ3v) is 6.04. The topological polar surface area (TPSA) is 54.0 Å². The first kappa shape index (κ1) is 19.8. The van der Waals surface area contributed by atoms with Crippen molar-refractivity contribution in [2.24, 2.45) is 0 Å². The normalized spacial score (nSPS) is 16.3. The van der Waals surface area contributed by atoms with E-state index in [0.29, 0.717) is 16.6 Å². The van der Waals surface area contributed by atoms with Gasteiger partial charge in [-0.15, -0.1) is 11.3 Å². The molecule has 0 aliphatic carbocycles. The van der Waals surface area contributed by atoms with Crippen LogP contribution in [0.15, 0.2) is 30.5 Å². The Morgan fingerprint density at radius 2 is 1.89 bits per heavy atom. The van der Waals surface area contributed by atoms with Crippen molar-refractivity contribution in [2.75, 3.05) is 18.4 Å². The number of hydrogen-bond donors (Lipinski definition) is 2. The molecule has 2 heterocycles. The van der Waals surface area contributed by atoms with Crippen LogP contribution in [0.4, 0.5) is 18.3 Å². The van der Waals surface area contributed by atoms with E-state index in [2.05, 4.69) is 15.6 Å². The van der Waals surface area contributed by atoms with Crippen LogP contribution < -0.4 is 10.6 Å². The van der Waals surface area contributed by atoms with Crippen molar-refractivity contribution in [2.45, 2.75) is 44.2 Å². The van der Waals surface area contributed by atoms with Gasteiger partial charge in [-0.3, -0.25) is 4.79 Å². The lowest BCUT2D eigenvalue weighted by molar-refractivity contribution is -0.137. The van der Waals surface area contributed by atoms with E-state index in [9.17, 15) is 18.0 Å². The molecule has 27 heavy (non-hydrogen) atoms. The number of piperidine rings is 1. The molecule has 1 aromatic heterocycles. The Kier molecular flexibility index (Phi) is 5.58. The summed E-state index contributed by atoms with van der Waals surface area (Å²) in [6.07, 6.45) is -0.591. The van der Waals surface area contributed by atoms with Gasteiger partial charge in [-0.1, -0.05) is 18.2 Å². The second kappa shape index (κ2) is 7.59. The molecule has 0 spiro atoms. The lowest BCUT2D eigenvalue weighted by atomic mass is 9.83. The van der Waals surface area contributed by atoms with Crippen LogP contribution in [0.5, 0.6) is 0 Å². The number of thiazole rings is 1. The van der Waals surface area contributed by atoms with Gasteiger partial charge in [0.1, 0.15) is 0 Å². The van der Waals surface area contributed by atoms with Gasteiger partial charge >= 0.3 is 6.18 Å². The fourth-order valence-corrected chi connectivity index (χ4v) is 4.09. The molecule has 1 fully saturated rings. The highest BCUT2D eigenvalue weighted by atomic mass is 32.1. The number of hydrogen-bond acceptors (Lipinski definition) is 4. The van der Waals surface area contributed by atoms with E-state index in [1.165, 1.54) is 23.5 Å². The fourth-order valence-electron chi connectivity index (χ4n) is 3.11. The van der Waals surface area contributed by atoms with Crippen LogP contribution in [-0.4, -0.2) is 24.0 Å². The minimum atomic E-state index is -4.44. The van der Waals surface area contributed by atoms with E-state index in [0.717, 1.165) is 42.9 Å². The number of carbonyl (C=O) groups is 1. The highest BCUT2D eigenvalue weighted by Crippen LogP contribution is 2.35. The summed E-state index contributed by atoms with van der Waals surface area (Å²) < 4.78 is 38.9. The Balaban J connectivity index is 1.74. The molecule has 4 nitrogen and oxygen atoms in total. The standard InChI is InChI=1S/C19H22F3N3OS/c1-18(2,13-4-3-5-14(10-13)19(20,21)22)16(26)25-17-24-11-15(27-17)12-6-8-23-9-7-12/h3-5,10-12,23H,6-9H2,1-2H3,(H,24,25,26). The number of carbonyl (C=O) groups excluding carboxylic acids is 1. The zero-order chi connectivity index (χ0) is 19.7. The maximum atomic E-state index is 13.0. The Bertz CT molecular complexity index is 811. The average molecular weight is 397 g/mol. The number of benzene rings is 1. The number of rotatable bonds is 4. The smallest absolute Gasteiger partial charge is 0.317 e. The van der Waals surface area contributed by atoms with Crippen molar-refractivity contribution >= 4 is 22.4 Å². The van der Waals surface area contributed by atoms with Gasteiger partial charge in [-0.25, -0.2) is 4.98 Å². The first-order valence-electron chi connectivity index (χ1n) is 8.83. The summed E-state index contributed by atoms with van der Waals surface area (Å²) in [6, 6.07) is 4.90. The van der Waals surface area contributed by atoms with Crippen molar-refractivity contribution in [3.8, 4) is 0 Å². The molecule has 2 N–H and O–H groups in total. The molecule has 0 unspecified atom stereocenters. The van der Waals surface area contributed by atoms with Crippen molar-refractivity contribution < 1.29 is 18.0 Å². The Labute approximate surface area is 160 Å². The third-order valence-electron chi connectivity index (χ3n) is 4.96. The molecule has 8 heteroatoms. The van der Waals surface area contributed by atoms with E-state index in [1.54, 1.807) is 20.0 Å². The molecule has 0 atom stereocenters. The maximum absolute atomic E-state index is 13.0. The van der Waals surface area contributed by atoms with Crippen LogP contribution in [0.1, 0.15) is 48.6 Å². The summed E-state index contributed by atoms with van der Waals surface area (Å²) in [7, 11) is 0. The molecule has 0 saturated carbocycles. The molecular formula is C19H22F3N3OS. The van der Waals surface area contributed by atoms with Crippen LogP contribution in [-0.2, 0) is 16.4 Å². The first-order chi connectivity index (χ1) is 12.7. The summed E-state index contributed by atoms with van der Waals surface area (Å²) in [5, 5.41) is 6.56. The summed E-state index contributed by atoms with van der Waals surface area (Å²) >= 11 is 1.44. The van der Waals surface area contributed by atoms with Gasteiger partial charge in [0.2, 0.25) is 5.91 Å². The van der Waals surface area contributed by atoms with E-state index < -0.39 is 17.2 Å². The minimum Gasteiger partial charge on any atom is -0.317 e. The van der Waals surface area contributed by atoms with Crippen LogP contribution in [0, 0.1) is 0 Å². The molecule has 3 rings (SSSR count). The predicted molar refractivity (Wildman–Crippen MR) is 100 cm³/mol. The van der Waals surface area contributed by atoms with Crippen molar-refractivity contribution in [1.29, 1.82) is 0 Å². The van der Waals surface area contributed by atoms with Gasteiger partial charge in [0.05, 0.1) is 11.0 Å². The molecule has 0 radical (unpaired) electrons. The Hall–Kier alpha value is -1.93. The van der Waals surface area contributed by atoms with Crippen LogP contribution in [0.3, 0.4) is 0 Å². The zero-order valence-corrected chi connectivity index (χ0v) is 16.0. The number of anilines is 1. The first-order valence-corrected chi connectivity index (χ1v) is 9.65. The second-order valence-corrected chi connectivity index (χ2v) is 8.31. The Morgan fingerprint density at radius 3 is 2.56 bits per heavy atom. The van der Waals surface area contributed by atoms with Crippen LogP contribution >= 0.6 is 11.3 Å². The number of aromatic nitrogens is 1. The maximum Gasteiger partial charge on any atom is 0.416 e. The molecule has 0 bridgehead atoms. The highest BCUT2D eigenvalue weighted by Gasteiger charge is 2.35. The molecule has 1 aliphatic heterocycles. The van der Waals surface area contributed by atoms with Crippen molar-refractivity contribution in [1.82, 2.24) is 10.3 Å². The van der Waals surface area contributed by atoms with Gasteiger partial charge in [0.15, 0.2) is 5.13 Å². The van der Waals surface area contributed by atoms with E-state index in [-0.39, 0.29) is 5.91 Å².